The molecule has 7 nitrogen and oxygen atoms in total. The quantitative estimate of drug-likeness (QED) is 0.502. The summed E-state index contributed by atoms with van der Waals surface area (Å²) in [7, 11) is 0. The third-order valence-corrected chi connectivity index (χ3v) is 3.61. The van der Waals surface area contributed by atoms with E-state index in [-0.39, 0.29) is 16.9 Å². The number of nitro benzene ring substituents is 1. The molecular weight excluding hydrogens is 340 g/mol. The maximum Gasteiger partial charge on any atom is 0.292 e. The third kappa shape index (κ3) is 3.34. The van der Waals surface area contributed by atoms with Crippen molar-refractivity contribution in [3.8, 4) is 0 Å². The van der Waals surface area contributed by atoms with Crippen molar-refractivity contribution in [2.45, 2.75) is 6.92 Å². The lowest BCUT2D eigenvalue weighted by molar-refractivity contribution is -0.383. The van der Waals surface area contributed by atoms with Gasteiger partial charge in [-0.1, -0.05) is 0 Å². The van der Waals surface area contributed by atoms with Crippen LogP contribution in [-0.4, -0.2) is 15.8 Å². The second-order valence-corrected chi connectivity index (χ2v) is 5.16. The van der Waals surface area contributed by atoms with Crippen molar-refractivity contribution in [3.05, 3.63) is 56.2 Å². The number of nitrogens with zero attached hydrogens (tertiary/aromatic N) is 2. The molecule has 0 aliphatic carbocycles. The van der Waals surface area contributed by atoms with E-state index < -0.39 is 10.8 Å². The Morgan fingerprint density at radius 1 is 1.43 bits per heavy atom. The van der Waals surface area contributed by atoms with Crippen LogP contribution in [0.5, 0.6) is 0 Å². The van der Waals surface area contributed by atoms with E-state index in [4.69, 9.17) is 5.73 Å². The fraction of sp³-hybridized carbons (Fsp3) is 0.0769. The first kappa shape index (κ1) is 14.9. The second kappa shape index (κ2) is 5.88. The second-order valence-electron chi connectivity index (χ2n) is 4.30. The van der Waals surface area contributed by atoms with E-state index in [9.17, 15) is 14.9 Å². The van der Waals surface area contributed by atoms with E-state index in [1.165, 1.54) is 18.2 Å². The summed E-state index contributed by atoms with van der Waals surface area (Å²) >= 11 is 3.32. The number of amides is 1. The lowest BCUT2D eigenvalue weighted by atomic mass is 10.1. The van der Waals surface area contributed by atoms with Gasteiger partial charge in [-0.05, 0) is 46.6 Å². The Hall–Kier alpha value is -2.48. The molecule has 0 aliphatic rings. The molecular formula is C13H11BrN4O3. The Morgan fingerprint density at radius 3 is 2.71 bits per heavy atom. The number of carbonyl (C=O) groups excluding carboxylic acids is 1. The first-order valence-electron chi connectivity index (χ1n) is 5.86. The number of hydrogen-bond acceptors (Lipinski definition) is 5. The van der Waals surface area contributed by atoms with Gasteiger partial charge in [-0.25, -0.2) is 4.98 Å². The van der Waals surface area contributed by atoms with Gasteiger partial charge in [0.05, 0.1) is 4.92 Å². The monoisotopic (exact) mass is 350 g/mol. The first-order chi connectivity index (χ1) is 9.88. The van der Waals surface area contributed by atoms with Gasteiger partial charge in [0.1, 0.15) is 11.5 Å². The highest BCUT2D eigenvalue weighted by molar-refractivity contribution is 9.10. The fourth-order valence-electron chi connectivity index (χ4n) is 1.66. The predicted octanol–water partition coefficient (Wildman–Crippen LogP) is 2.90. The van der Waals surface area contributed by atoms with Crippen molar-refractivity contribution in [1.82, 2.24) is 4.98 Å². The highest BCUT2D eigenvalue weighted by Crippen LogP contribution is 2.23. The van der Waals surface area contributed by atoms with E-state index in [1.54, 1.807) is 12.3 Å². The SMILES string of the molecule is Cc1cc(NC(=O)c2ccc([N+](=O)[O-])c(N)c2)ncc1Br. The highest BCUT2D eigenvalue weighted by Gasteiger charge is 2.15. The van der Waals surface area contributed by atoms with Crippen molar-refractivity contribution in [3.63, 3.8) is 0 Å². The minimum Gasteiger partial charge on any atom is -0.393 e. The zero-order valence-electron chi connectivity index (χ0n) is 11.0. The molecule has 2 aromatic rings. The molecule has 3 N–H and O–H groups in total. The molecule has 0 spiro atoms. The Balaban J connectivity index is 2.22. The van der Waals surface area contributed by atoms with Crippen LogP contribution in [0.25, 0.3) is 0 Å². The molecule has 0 unspecified atom stereocenters. The zero-order valence-corrected chi connectivity index (χ0v) is 12.5. The normalized spacial score (nSPS) is 10.2. The van der Waals surface area contributed by atoms with Gasteiger partial charge in [-0.2, -0.15) is 0 Å². The molecule has 0 radical (unpaired) electrons. The van der Waals surface area contributed by atoms with Gasteiger partial charge in [-0.3, -0.25) is 14.9 Å². The van der Waals surface area contributed by atoms with Gasteiger partial charge in [0.25, 0.3) is 11.6 Å². The number of aromatic nitrogens is 1. The van der Waals surface area contributed by atoms with E-state index in [0.29, 0.717) is 5.82 Å². The Kier molecular flexibility index (Phi) is 4.18. The van der Waals surface area contributed by atoms with E-state index in [1.807, 2.05) is 6.92 Å². The maximum absolute atomic E-state index is 12.1. The minimum atomic E-state index is -0.601. The summed E-state index contributed by atoms with van der Waals surface area (Å²) in [6, 6.07) is 5.51. The summed E-state index contributed by atoms with van der Waals surface area (Å²) in [5.41, 5.74) is 6.40. The van der Waals surface area contributed by atoms with Crippen LogP contribution in [-0.2, 0) is 0 Å². The molecule has 0 atom stereocenters. The fourth-order valence-corrected chi connectivity index (χ4v) is 1.88. The number of aryl methyl sites for hydroxylation is 1. The van der Waals surface area contributed by atoms with Gasteiger partial charge < -0.3 is 11.1 Å². The molecule has 2 rings (SSSR count). The van der Waals surface area contributed by atoms with Gasteiger partial charge >= 0.3 is 0 Å². The number of rotatable bonds is 3. The molecule has 0 bridgehead atoms. The summed E-state index contributed by atoms with van der Waals surface area (Å²) in [5, 5.41) is 13.3. The standard InChI is InChI=1S/C13H11BrN4O3/c1-7-4-12(16-6-9(7)14)17-13(19)8-2-3-11(18(20)21)10(15)5-8/h2-6H,15H2,1H3,(H,16,17,19). The average Bonchev–Trinajstić information content (AvgIpc) is 2.42. The number of nitro groups is 1. The molecule has 108 valence electrons. The Bertz CT molecular complexity index is 733. The predicted molar refractivity (Wildman–Crippen MR) is 82.1 cm³/mol. The Morgan fingerprint density at radius 2 is 2.14 bits per heavy atom. The molecule has 0 saturated heterocycles. The average molecular weight is 351 g/mol. The summed E-state index contributed by atoms with van der Waals surface area (Å²) < 4.78 is 0.833. The lowest BCUT2D eigenvalue weighted by Gasteiger charge is -2.07. The molecule has 1 amide bonds. The third-order valence-electron chi connectivity index (χ3n) is 2.77. The van der Waals surface area contributed by atoms with Crippen molar-refractivity contribution >= 4 is 39.0 Å². The summed E-state index contributed by atoms with van der Waals surface area (Å²) in [4.78, 5) is 26.2. The zero-order chi connectivity index (χ0) is 15.6. The first-order valence-corrected chi connectivity index (χ1v) is 6.65. The van der Waals surface area contributed by atoms with E-state index in [0.717, 1.165) is 10.0 Å². The number of nitrogens with one attached hydrogen (secondary N) is 1. The molecule has 8 heteroatoms. The Labute approximate surface area is 128 Å². The molecule has 1 aromatic carbocycles. The molecule has 0 aliphatic heterocycles. The van der Waals surface area contributed by atoms with Gasteiger partial charge in [-0.15, -0.1) is 0 Å². The number of nitrogens with two attached hydrogens (primary N) is 1. The summed E-state index contributed by atoms with van der Waals surface area (Å²) in [6.07, 6.45) is 1.58. The molecule has 21 heavy (non-hydrogen) atoms. The highest BCUT2D eigenvalue weighted by atomic mass is 79.9. The number of nitrogen functional groups attached to an aromatic ring is 1. The van der Waals surface area contributed by atoms with Crippen LogP contribution in [0.4, 0.5) is 17.2 Å². The minimum absolute atomic E-state index is 0.0624. The molecule has 0 saturated carbocycles. The van der Waals surface area contributed by atoms with E-state index >= 15 is 0 Å². The number of halogens is 1. The van der Waals surface area contributed by atoms with Crippen LogP contribution in [0.1, 0.15) is 15.9 Å². The molecule has 1 heterocycles. The number of anilines is 2. The topological polar surface area (TPSA) is 111 Å². The van der Waals surface area contributed by atoms with Gasteiger partial charge in [0, 0.05) is 22.3 Å². The summed E-state index contributed by atoms with van der Waals surface area (Å²) in [6.45, 7) is 1.87. The lowest BCUT2D eigenvalue weighted by Crippen LogP contribution is -2.13. The van der Waals surface area contributed by atoms with Crippen LogP contribution in [0.15, 0.2) is 34.9 Å². The van der Waals surface area contributed by atoms with Crippen LogP contribution >= 0.6 is 15.9 Å². The van der Waals surface area contributed by atoms with Crippen molar-refractivity contribution < 1.29 is 9.72 Å². The van der Waals surface area contributed by atoms with E-state index in [2.05, 4.69) is 26.2 Å². The molecule has 1 aromatic heterocycles. The number of carbonyl (C=O) groups is 1. The summed E-state index contributed by atoms with van der Waals surface area (Å²) in [5.74, 6) is -0.0524. The van der Waals surface area contributed by atoms with Crippen LogP contribution < -0.4 is 11.1 Å². The smallest absolute Gasteiger partial charge is 0.292 e. The number of pyridine rings is 1. The van der Waals surface area contributed by atoms with Crippen LogP contribution in [0, 0.1) is 17.0 Å². The van der Waals surface area contributed by atoms with Crippen LogP contribution in [0.3, 0.4) is 0 Å². The van der Waals surface area contributed by atoms with Crippen molar-refractivity contribution in [1.29, 1.82) is 0 Å². The van der Waals surface area contributed by atoms with Gasteiger partial charge in [0.2, 0.25) is 0 Å². The molecule has 0 fully saturated rings. The van der Waals surface area contributed by atoms with Crippen molar-refractivity contribution in [2.24, 2.45) is 0 Å². The largest absolute Gasteiger partial charge is 0.393 e. The maximum atomic E-state index is 12.1. The number of benzene rings is 1. The van der Waals surface area contributed by atoms with Crippen molar-refractivity contribution in [2.75, 3.05) is 11.1 Å². The van der Waals surface area contributed by atoms with Gasteiger partial charge in [0.15, 0.2) is 0 Å². The van der Waals surface area contributed by atoms with Crippen LogP contribution in [0.2, 0.25) is 0 Å². The number of hydrogen-bond donors (Lipinski definition) is 2.